The summed E-state index contributed by atoms with van der Waals surface area (Å²) < 4.78 is 34.9. The highest BCUT2D eigenvalue weighted by Crippen LogP contribution is 2.34. The maximum absolute atomic E-state index is 12.7. The number of ether oxygens (including phenoxy) is 2. The number of halogens is 3. The minimum Gasteiger partial charge on any atom is -0.493 e. The van der Waals surface area contributed by atoms with Crippen LogP contribution in [0.3, 0.4) is 0 Å². The molecule has 0 aromatic heterocycles. The fraction of sp³-hybridized carbons (Fsp3) is 0.250. The Morgan fingerprint density at radius 3 is 2.89 bits per heavy atom. The number of hydrogen-bond acceptors (Lipinski definition) is 3. The van der Waals surface area contributed by atoms with Gasteiger partial charge in [-0.05, 0) is 48.2 Å². The lowest BCUT2D eigenvalue weighted by atomic mass is 10.1. The monoisotopic (exact) mass is 393 g/mol. The lowest BCUT2D eigenvalue weighted by Crippen LogP contribution is -2.25. The second-order valence-corrected chi connectivity index (χ2v) is 6.47. The number of fused-ring (bicyclic) bond motifs is 1. The predicted octanol–water partition coefficient (Wildman–Crippen LogP) is 4.77. The summed E-state index contributed by atoms with van der Waals surface area (Å²) in [7, 11) is 1.36. The summed E-state index contributed by atoms with van der Waals surface area (Å²) in [5.41, 5.74) is 2.49. The number of rotatable bonds is 6. The van der Waals surface area contributed by atoms with Gasteiger partial charge < -0.3 is 14.8 Å². The van der Waals surface area contributed by atoms with Crippen molar-refractivity contribution in [3.05, 3.63) is 64.2 Å². The van der Waals surface area contributed by atoms with E-state index in [-0.39, 0.29) is 23.4 Å². The third-order valence-corrected chi connectivity index (χ3v) is 4.58. The SMILES string of the molecule is COc1cccc(/C=C/C(=O)NC2CCc3cc(Cl)ccc32)c1OC(F)F. The lowest BCUT2D eigenvalue weighted by Gasteiger charge is -2.13. The second-order valence-electron chi connectivity index (χ2n) is 6.03. The van der Waals surface area contributed by atoms with Gasteiger partial charge in [-0.3, -0.25) is 4.79 Å². The van der Waals surface area contributed by atoms with Crippen molar-refractivity contribution in [1.82, 2.24) is 5.32 Å². The van der Waals surface area contributed by atoms with Crippen molar-refractivity contribution >= 4 is 23.6 Å². The fourth-order valence-electron chi connectivity index (χ4n) is 3.16. The van der Waals surface area contributed by atoms with Crippen LogP contribution in [0.4, 0.5) is 8.78 Å². The molecule has 1 N–H and O–H groups in total. The minimum atomic E-state index is -3.00. The van der Waals surface area contributed by atoms with E-state index in [1.54, 1.807) is 18.2 Å². The molecule has 27 heavy (non-hydrogen) atoms. The maximum atomic E-state index is 12.7. The Bertz CT molecular complexity index is 870. The second kappa shape index (κ2) is 8.39. The van der Waals surface area contributed by atoms with Crippen LogP contribution in [0.1, 0.15) is 29.2 Å². The van der Waals surface area contributed by atoms with E-state index < -0.39 is 6.61 Å². The molecule has 2 aromatic rings. The predicted molar refractivity (Wildman–Crippen MR) is 99.3 cm³/mol. The number of aryl methyl sites for hydroxylation is 1. The van der Waals surface area contributed by atoms with Gasteiger partial charge >= 0.3 is 6.61 Å². The van der Waals surface area contributed by atoms with Crippen LogP contribution in [0.5, 0.6) is 11.5 Å². The Morgan fingerprint density at radius 1 is 1.33 bits per heavy atom. The van der Waals surface area contributed by atoms with Crippen LogP contribution in [-0.4, -0.2) is 19.6 Å². The third kappa shape index (κ3) is 4.57. The lowest BCUT2D eigenvalue weighted by molar-refractivity contribution is -0.117. The van der Waals surface area contributed by atoms with Gasteiger partial charge in [0.15, 0.2) is 11.5 Å². The molecule has 3 rings (SSSR count). The van der Waals surface area contributed by atoms with Gasteiger partial charge in [-0.1, -0.05) is 29.8 Å². The first-order chi connectivity index (χ1) is 13.0. The zero-order valence-electron chi connectivity index (χ0n) is 14.5. The molecule has 0 radical (unpaired) electrons. The molecular weight excluding hydrogens is 376 g/mol. The van der Waals surface area contributed by atoms with E-state index in [1.807, 2.05) is 12.1 Å². The van der Waals surface area contributed by atoms with E-state index in [1.165, 1.54) is 25.3 Å². The number of para-hydroxylation sites is 1. The van der Waals surface area contributed by atoms with E-state index in [4.69, 9.17) is 16.3 Å². The largest absolute Gasteiger partial charge is 0.493 e. The molecule has 0 heterocycles. The number of carbonyl (C=O) groups excluding carboxylic acids is 1. The number of alkyl halides is 2. The molecule has 0 saturated heterocycles. The first-order valence-electron chi connectivity index (χ1n) is 8.36. The molecular formula is C20H18ClF2NO3. The normalized spacial score (nSPS) is 15.8. The van der Waals surface area contributed by atoms with Gasteiger partial charge in [-0.2, -0.15) is 8.78 Å². The number of amides is 1. The van der Waals surface area contributed by atoms with Crippen LogP contribution >= 0.6 is 11.6 Å². The molecule has 1 aliphatic rings. The van der Waals surface area contributed by atoms with Gasteiger partial charge in [-0.15, -0.1) is 0 Å². The summed E-state index contributed by atoms with van der Waals surface area (Å²) in [6.45, 7) is -3.00. The number of nitrogens with one attached hydrogen (secondary N) is 1. The average Bonchev–Trinajstić information content (AvgIpc) is 3.02. The van der Waals surface area contributed by atoms with Crippen LogP contribution in [0.25, 0.3) is 6.08 Å². The number of carbonyl (C=O) groups is 1. The molecule has 1 unspecified atom stereocenters. The van der Waals surface area contributed by atoms with Crippen LogP contribution in [0.15, 0.2) is 42.5 Å². The molecule has 2 aromatic carbocycles. The van der Waals surface area contributed by atoms with Crippen molar-refractivity contribution in [2.24, 2.45) is 0 Å². The van der Waals surface area contributed by atoms with Gasteiger partial charge in [-0.25, -0.2) is 0 Å². The minimum absolute atomic E-state index is 0.100. The van der Waals surface area contributed by atoms with Crippen molar-refractivity contribution in [2.75, 3.05) is 7.11 Å². The van der Waals surface area contributed by atoms with Crippen molar-refractivity contribution in [2.45, 2.75) is 25.5 Å². The Hall–Kier alpha value is -2.60. The van der Waals surface area contributed by atoms with E-state index in [0.717, 1.165) is 24.0 Å². The summed E-state index contributed by atoms with van der Waals surface area (Å²) in [5, 5.41) is 3.60. The smallest absolute Gasteiger partial charge is 0.387 e. The first-order valence-corrected chi connectivity index (χ1v) is 8.74. The van der Waals surface area contributed by atoms with Gasteiger partial charge in [0.25, 0.3) is 0 Å². The zero-order chi connectivity index (χ0) is 19.4. The molecule has 1 amide bonds. The van der Waals surface area contributed by atoms with E-state index in [0.29, 0.717) is 10.6 Å². The van der Waals surface area contributed by atoms with Gasteiger partial charge in [0, 0.05) is 16.7 Å². The molecule has 4 nitrogen and oxygen atoms in total. The summed E-state index contributed by atoms with van der Waals surface area (Å²) >= 11 is 6.00. The highest BCUT2D eigenvalue weighted by molar-refractivity contribution is 6.30. The van der Waals surface area contributed by atoms with E-state index >= 15 is 0 Å². The number of hydrogen-bond donors (Lipinski definition) is 1. The molecule has 0 spiro atoms. The van der Waals surface area contributed by atoms with Crippen molar-refractivity contribution in [3.8, 4) is 11.5 Å². The summed E-state index contributed by atoms with van der Waals surface area (Å²) in [6, 6.07) is 10.2. The van der Waals surface area contributed by atoms with Gasteiger partial charge in [0.2, 0.25) is 5.91 Å². The quantitative estimate of drug-likeness (QED) is 0.719. The Kier molecular flexibility index (Phi) is 5.96. The molecule has 142 valence electrons. The molecule has 1 aliphatic carbocycles. The third-order valence-electron chi connectivity index (χ3n) is 4.35. The molecule has 7 heteroatoms. The molecule has 1 atom stereocenters. The highest BCUT2D eigenvalue weighted by Gasteiger charge is 2.23. The maximum Gasteiger partial charge on any atom is 0.387 e. The zero-order valence-corrected chi connectivity index (χ0v) is 15.3. The molecule has 0 fully saturated rings. The van der Waals surface area contributed by atoms with Crippen LogP contribution in [0.2, 0.25) is 5.02 Å². The highest BCUT2D eigenvalue weighted by atomic mass is 35.5. The Balaban J connectivity index is 1.73. The average molecular weight is 394 g/mol. The van der Waals surface area contributed by atoms with E-state index in [9.17, 15) is 13.6 Å². The summed E-state index contributed by atoms with van der Waals surface area (Å²) in [4.78, 5) is 12.3. The molecule has 0 saturated carbocycles. The topological polar surface area (TPSA) is 47.6 Å². The Labute approximate surface area is 160 Å². The molecule has 0 aliphatic heterocycles. The number of benzene rings is 2. The Morgan fingerprint density at radius 2 is 2.15 bits per heavy atom. The first kappa shape index (κ1) is 19.2. The van der Waals surface area contributed by atoms with Crippen molar-refractivity contribution in [1.29, 1.82) is 0 Å². The van der Waals surface area contributed by atoms with E-state index in [2.05, 4.69) is 10.1 Å². The van der Waals surface area contributed by atoms with Gasteiger partial charge in [0.1, 0.15) is 0 Å². The van der Waals surface area contributed by atoms with Crippen molar-refractivity contribution in [3.63, 3.8) is 0 Å². The summed E-state index contributed by atoms with van der Waals surface area (Å²) in [6.07, 6.45) is 4.34. The number of methoxy groups -OCH3 is 1. The molecule has 0 bridgehead atoms. The van der Waals surface area contributed by atoms with Crippen LogP contribution in [0, 0.1) is 0 Å². The standard InChI is InChI=1S/C20H18ClF2NO3/c1-26-17-4-2-3-12(19(17)27-20(22)23)6-10-18(25)24-16-9-5-13-11-14(21)7-8-15(13)16/h2-4,6-8,10-11,16,20H,5,9H2,1H3,(H,24,25)/b10-6+. The van der Waals surface area contributed by atoms with Crippen LogP contribution in [-0.2, 0) is 11.2 Å². The fourth-order valence-corrected chi connectivity index (χ4v) is 3.36. The van der Waals surface area contributed by atoms with Crippen LogP contribution < -0.4 is 14.8 Å². The summed E-state index contributed by atoms with van der Waals surface area (Å²) in [5.74, 6) is -0.270. The van der Waals surface area contributed by atoms with Gasteiger partial charge in [0.05, 0.1) is 13.2 Å². The van der Waals surface area contributed by atoms with Crippen molar-refractivity contribution < 1.29 is 23.0 Å².